The van der Waals surface area contributed by atoms with Gasteiger partial charge in [-0.3, -0.25) is 9.58 Å². The SMILES string of the molecule is [C-]#[N+]COC(OCC)c1ccccc1. The van der Waals surface area contributed by atoms with Crippen molar-refractivity contribution in [2.75, 3.05) is 13.3 Å². The van der Waals surface area contributed by atoms with E-state index in [0.29, 0.717) is 6.61 Å². The maximum absolute atomic E-state index is 6.64. The van der Waals surface area contributed by atoms with Crippen LogP contribution in [0.4, 0.5) is 0 Å². The molecule has 0 saturated carbocycles. The van der Waals surface area contributed by atoms with E-state index < -0.39 is 6.29 Å². The zero-order valence-corrected chi connectivity index (χ0v) is 8.14. The lowest BCUT2D eigenvalue weighted by molar-refractivity contribution is -0.136. The van der Waals surface area contributed by atoms with Gasteiger partial charge in [0.25, 0.3) is 0 Å². The molecule has 0 saturated heterocycles. The van der Waals surface area contributed by atoms with Crippen LogP contribution in [0.1, 0.15) is 18.8 Å². The third-order valence-corrected chi connectivity index (χ3v) is 1.68. The highest BCUT2D eigenvalue weighted by atomic mass is 16.7. The van der Waals surface area contributed by atoms with Gasteiger partial charge in [-0.25, -0.2) is 6.57 Å². The Morgan fingerprint density at radius 1 is 1.29 bits per heavy atom. The number of hydrogen-bond donors (Lipinski definition) is 0. The minimum absolute atomic E-state index is 0.0273. The number of benzene rings is 1. The van der Waals surface area contributed by atoms with Gasteiger partial charge >= 0.3 is 6.73 Å². The predicted molar refractivity (Wildman–Crippen MR) is 53.4 cm³/mol. The number of ether oxygens (including phenoxy) is 2. The molecular formula is C11H13NO2. The van der Waals surface area contributed by atoms with Gasteiger partial charge in [-0.05, 0) is 6.92 Å². The maximum Gasteiger partial charge on any atom is 0.320 e. The second-order valence-electron chi connectivity index (χ2n) is 2.65. The van der Waals surface area contributed by atoms with Gasteiger partial charge in [-0.1, -0.05) is 30.3 Å². The highest BCUT2D eigenvalue weighted by Crippen LogP contribution is 2.18. The molecule has 0 bridgehead atoms. The Morgan fingerprint density at radius 2 is 2.00 bits per heavy atom. The van der Waals surface area contributed by atoms with E-state index in [9.17, 15) is 0 Å². The number of rotatable bonds is 5. The van der Waals surface area contributed by atoms with Gasteiger partial charge in [-0.15, -0.1) is 0 Å². The fourth-order valence-corrected chi connectivity index (χ4v) is 1.11. The van der Waals surface area contributed by atoms with Gasteiger partial charge in [0.2, 0.25) is 0 Å². The molecule has 0 N–H and O–H groups in total. The van der Waals surface area contributed by atoms with Gasteiger partial charge in [0.05, 0.1) is 0 Å². The zero-order valence-electron chi connectivity index (χ0n) is 8.14. The van der Waals surface area contributed by atoms with E-state index >= 15 is 0 Å². The van der Waals surface area contributed by atoms with Gasteiger partial charge in [0.1, 0.15) is 0 Å². The predicted octanol–water partition coefficient (Wildman–Crippen LogP) is 2.62. The summed E-state index contributed by atoms with van der Waals surface area (Å²) in [6.45, 7) is 9.13. The maximum atomic E-state index is 6.64. The van der Waals surface area contributed by atoms with Crippen LogP contribution in [0.25, 0.3) is 4.85 Å². The van der Waals surface area contributed by atoms with Crippen molar-refractivity contribution < 1.29 is 9.47 Å². The summed E-state index contributed by atoms with van der Waals surface area (Å²) < 4.78 is 10.6. The highest BCUT2D eigenvalue weighted by molar-refractivity contribution is 5.15. The lowest BCUT2D eigenvalue weighted by atomic mass is 10.2. The molecule has 0 aliphatic carbocycles. The molecular weight excluding hydrogens is 178 g/mol. The standard InChI is InChI=1S/C11H13NO2/c1-3-13-11(14-9-12-2)10-7-5-4-6-8-10/h4-8,11H,3,9H2,1H3. The second kappa shape index (κ2) is 6.14. The van der Waals surface area contributed by atoms with Crippen molar-refractivity contribution >= 4 is 0 Å². The van der Waals surface area contributed by atoms with E-state index in [2.05, 4.69) is 4.85 Å². The number of nitrogens with zero attached hydrogens (tertiary/aromatic N) is 1. The molecule has 1 aromatic rings. The smallest absolute Gasteiger partial charge is 0.320 e. The van der Waals surface area contributed by atoms with Crippen LogP contribution in [0.5, 0.6) is 0 Å². The van der Waals surface area contributed by atoms with Gasteiger partial charge in [0.15, 0.2) is 6.29 Å². The van der Waals surface area contributed by atoms with E-state index in [0.717, 1.165) is 5.56 Å². The van der Waals surface area contributed by atoms with Crippen LogP contribution in [0.2, 0.25) is 0 Å². The lowest BCUT2D eigenvalue weighted by Crippen LogP contribution is -2.08. The molecule has 0 aliphatic rings. The fourth-order valence-electron chi connectivity index (χ4n) is 1.11. The Balaban J connectivity index is 2.63. The summed E-state index contributed by atoms with van der Waals surface area (Å²) in [6, 6.07) is 9.61. The molecule has 0 spiro atoms. The van der Waals surface area contributed by atoms with Crippen LogP contribution in [0.3, 0.4) is 0 Å². The Morgan fingerprint density at radius 3 is 2.57 bits per heavy atom. The molecule has 3 heteroatoms. The molecule has 0 aromatic heterocycles. The largest absolute Gasteiger partial charge is 0.348 e. The third kappa shape index (κ3) is 3.17. The molecule has 74 valence electrons. The average Bonchev–Trinajstić information content (AvgIpc) is 2.25. The zero-order chi connectivity index (χ0) is 10.2. The van der Waals surface area contributed by atoms with E-state index in [1.807, 2.05) is 37.3 Å². The normalized spacial score (nSPS) is 12.0. The minimum Gasteiger partial charge on any atom is -0.348 e. The molecule has 0 heterocycles. The minimum atomic E-state index is -0.421. The number of hydrogen-bond acceptors (Lipinski definition) is 2. The molecule has 0 radical (unpaired) electrons. The highest BCUT2D eigenvalue weighted by Gasteiger charge is 2.11. The summed E-state index contributed by atoms with van der Waals surface area (Å²) in [6.07, 6.45) is -0.421. The Labute approximate surface area is 84.1 Å². The van der Waals surface area contributed by atoms with Crippen molar-refractivity contribution in [3.05, 3.63) is 47.3 Å². The molecule has 3 nitrogen and oxygen atoms in total. The molecule has 0 amide bonds. The Hall–Kier alpha value is -1.37. The topological polar surface area (TPSA) is 22.8 Å². The van der Waals surface area contributed by atoms with Gasteiger partial charge in [-0.2, -0.15) is 0 Å². The average molecular weight is 191 g/mol. The first-order valence-corrected chi connectivity index (χ1v) is 4.50. The van der Waals surface area contributed by atoms with Crippen LogP contribution < -0.4 is 0 Å². The summed E-state index contributed by atoms with van der Waals surface area (Å²) in [5, 5.41) is 0. The van der Waals surface area contributed by atoms with Crippen LogP contribution in [-0.4, -0.2) is 13.3 Å². The summed E-state index contributed by atoms with van der Waals surface area (Å²) in [4.78, 5) is 3.13. The molecule has 0 aliphatic heterocycles. The van der Waals surface area contributed by atoms with E-state index in [4.69, 9.17) is 16.0 Å². The van der Waals surface area contributed by atoms with Crippen molar-refractivity contribution in [1.29, 1.82) is 0 Å². The summed E-state index contributed by atoms with van der Waals surface area (Å²) in [7, 11) is 0. The van der Waals surface area contributed by atoms with Crippen molar-refractivity contribution in [3.8, 4) is 0 Å². The van der Waals surface area contributed by atoms with Crippen molar-refractivity contribution in [2.24, 2.45) is 0 Å². The first kappa shape index (κ1) is 10.7. The molecule has 1 unspecified atom stereocenters. The third-order valence-electron chi connectivity index (χ3n) is 1.68. The lowest BCUT2D eigenvalue weighted by Gasteiger charge is -2.14. The molecule has 1 atom stereocenters. The van der Waals surface area contributed by atoms with Crippen molar-refractivity contribution in [2.45, 2.75) is 13.2 Å². The van der Waals surface area contributed by atoms with Crippen LogP contribution in [0.15, 0.2) is 30.3 Å². The van der Waals surface area contributed by atoms with Crippen LogP contribution in [0, 0.1) is 6.57 Å². The summed E-state index contributed by atoms with van der Waals surface area (Å²) in [5.41, 5.74) is 0.943. The quantitative estimate of drug-likeness (QED) is 0.527. The van der Waals surface area contributed by atoms with Gasteiger partial charge in [0, 0.05) is 12.2 Å². The van der Waals surface area contributed by atoms with Crippen molar-refractivity contribution in [3.63, 3.8) is 0 Å². The molecule has 1 rings (SSSR count). The van der Waals surface area contributed by atoms with E-state index in [1.165, 1.54) is 0 Å². The molecule has 0 fully saturated rings. The summed E-state index contributed by atoms with van der Waals surface area (Å²) >= 11 is 0. The van der Waals surface area contributed by atoms with E-state index in [-0.39, 0.29) is 6.73 Å². The monoisotopic (exact) mass is 191 g/mol. The molecule has 14 heavy (non-hydrogen) atoms. The van der Waals surface area contributed by atoms with Crippen LogP contribution in [-0.2, 0) is 9.47 Å². The first-order chi connectivity index (χ1) is 6.88. The van der Waals surface area contributed by atoms with Crippen molar-refractivity contribution in [1.82, 2.24) is 0 Å². The Kier molecular flexibility index (Phi) is 4.70. The van der Waals surface area contributed by atoms with E-state index in [1.54, 1.807) is 0 Å². The second-order valence-corrected chi connectivity index (χ2v) is 2.65. The molecule has 1 aromatic carbocycles. The fraction of sp³-hybridized carbons (Fsp3) is 0.364. The van der Waals surface area contributed by atoms with Gasteiger partial charge < -0.3 is 4.74 Å². The Bertz CT molecular complexity index is 292. The first-order valence-electron chi connectivity index (χ1n) is 4.50. The summed E-state index contributed by atoms with van der Waals surface area (Å²) in [5.74, 6) is 0. The van der Waals surface area contributed by atoms with Crippen LogP contribution >= 0.6 is 0 Å².